The molecule has 3 heterocycles. The number of aryl methyl sites for hydroxylation is 2. The number of fused-ring (bicyclic) bond motifs is 1. The van der Waals surface area contributed by atoms with Crippen LogP contribution in [0.25, 0.3) is 22.4 Å². The van der Waals surface area contributed by atoms with E-state index in [0.29, 0.717) is 29.2 Å². The molecule has 6 rings (SSSR count). The lowest BCUT2D eigenvalue weighted by atomic mass is 9.98. The number of nitrogens with zero attached hydrogens (tertiary/aromatic N) is 4. The van der Waals surface area contributed by atoms with Crippen molar-refractivity contribution in [2.45, 2.75) is 64.3 Å². The highest BCUT2D eigenvalue weighted by Crippen LogP contribution is 2.43. The van der Waals surface area contributed by atoms with Gasteiger partial charge in [0, 0.05) is 24.5 Å². The van der Waals surface area contributed by atoms with Gasteiger partial charge in [-0.1, -0.05) is 5.16 Å². The second kappa shape index (κ2) is 7.80. The molecule has 0 bridgehead atoms. The zero-order chi connectivity index (χ0) is 21.8. The summed E-state index contributed by atoms with van der Waals surface area (Å²) in [5, 5.41) is 8.60. The molecule has 2 aliphatic carbocycles. The molecule has 7 heteroatoms. The quantitative estimate of drug-likeness (QED) is 0.595. The Bertz CT molecular complexity index is 1160. The van der Waals surface area contributed by atoms with Crippen molar-refractivity contribution in [1.82, 2.24) is 20.4 Å². The van der Waals surface area contributed by atoms with Crippen molar-refractivity contribution in [2.24, 2.45) is 5.92 Å². The smallest absolute Gasteiger partial charge is 0.261 e. The Kier molecular flexibility index (Phi) is 4.90. The van der Waals surface area contributed by atoms with Crippen LogP contribution in [0.15, 0.2) is 16.7 Å². The third-order valence-electron chi connectivity index (χ3n) is 7.28. The minimum Gasteiger partial charge on any atom is -0.356 e. The van der Waals surface area contributed by atoms with Crippen LogP contribution in [0.2, 0.25) is 0 Å². The van der Waals surface area contributed by atoms with E-state index in [1.54, 1.807) is 6.07 Å². The van der Waals surface area contributed by atoms with Crippen molar-refractivity contribution >= 4 is 16.7 Å². The van der Waals surface area contributed by atoms with E-state index in [1.165, 1.54) is 12.8 Å². The second-order valence-corrected chi connectivity index (χ2v) is 9.87. The SMILES string of the molecule is Cc1noc(-c2c(N3CCC(NCC4CC4)CC3)nc3c(F)cc(C4CC4)cc3c2C)n1. The predicted octanol–water partition coefficient (Wildman–Crippen LogP) is 4.89. The topological polar surface area (TPSA) is 67.1 Å². The second-order valence-electron chi connectivity index (χ2n) is 9.87. The first-order valence-corrected chi connectivity index (χ1v) is 12.0. The molecule has 0 radical (unpaired) electrons. The molecule has 0 amide bonds. The van der Waals surface area contributed by atoms with Crippen molar-refractivity contribution < 1.29 is 8.91 Å². The maximum absolute atomic E-state index is 15.2. The summed E-state index contributed by atoms with van der Waals surface area (Å²) in [5.74, 6) is 2.94. The minimum absolute atomic E-state index is 0.233. The van der Waals surface area contributed by atoms with Crippen molar-refractivity contribution in [1.29, 1.82) is 0 Å². The van der Waals surface area contributed by atoms with E-state index in [1.807, 2.05) is 13.8 Å². The van der Waals surface area contributed by atoms with Crippen molar-refractivity contribution in [2.75, 3.05) is 24.5 Å². The standard InChI is InChI=1S/C25H30FN5O/c1-14-20-11-18(17-5-6-17)12-21(26)23(20)29-24(22(14)25-28-15(2)30-32-25)31-9-7-19(8-10-31)27-13-16-3-4-16/h11-12,16-17,19,27H,3-10,13H2,1-2H3. The van der Waals surface area contributed by atoms with Gasteiger partial charge in [-0.05, 0) is 94.0 Å². The van der Waals surface area contributed by atoms with E-state index in [4.69, 9.17) is 9.51 Å². The van der Waals surface area contributed by atoms with Crippen LogP contribution in [-0.4, -0.2) is 40.8 Å². The lowest BCUT2D eigenvalue weighted by Crippen LogP contribution is -2.43. The molecule has 3 aromatic rings. The van der Waals surface area contributed by atoms with Crippen molar-refractivity contribution in [3.63, 3.8) is 0 Å². The Morgan fingerprint density at radius 2 is 1.84 bits per heavy atom. The number of hydrogen-bond donors (Lipinski definition) is 1. The lowest BCUT2D eigenvalue weighted by molar-refractivity contribution is 0.406. The number of rotatable bonds is 6. The summed E-state index contributed by atoms with van der Waals surface area (Å²) in [7, 11) is 0. The molecule has 32 heavy (non-hydrogen) atoms. The highest BCUT2D eigenvalue weighted by molar-refractivity contribution is 5.93. The lowest BCUT2D eigenvalue weighted by Gasteiger charge is -2.34. The molecule has 168 valence electrons. The first kappa shape index (κ1) is 20.1. The highest BCUT2D eigenvalue weighted by Gasteiger charge is 2.30. The molecular formula is C25H30FN5O. The molecule has 0 atom stereocenters. The zero-order valence-electron chi connectivity index (χ0n) is 18.8. The number of nitrogens with one attached hydrogen (secondary N) is 1. The monoisotopic (exact) mass is 435 g/mol. The summed E-state index contributed by atoms with van der Waals surface area (Å²) < 4.78 is 20.8. The minimum atomic E-state index is -0.233. The average Bonchev–Trinajstić information content (AvgIpc) is 3.72. The van der Waals surface area contributed by atoms with Gasteiger partial charge in [0.2, 0.25) is 0 Å². The van der Waals surface area contributed by atoms with E-state index < -0.39 is 0 Å². The van der Waals surface area contributed by atoms with E-state index >= 15 is 4.39 Å². The number of hydrogen-bond acceptors (Lipinski definition) is 6. The van der Waals surface area contributed by atoms with Crippen LogP contribution in [0.4, 0.5) is 10.2 Å². The molecule has 1 saturated heterocycles. The first-order valence-electron chi connectivity index (χ1n) is 12.0. The average molecular weight is 436 g/mol. The molecule has 1 aromatic carbocycles. The third-order valence-corrected chi connectivity index (χ3v) is 7.28. The molecule has 3 fully saturated rings. The van der Waals surface area contributed by atoms with Crippen molar-refractivity contribution in [3.8, 4) is 11.5 Å². The first-order chi connectivity index (χ1) is 15.6. The van der Waals surface area contributed by atoms with Crippen LogP contribution in [0, 0.1) is 25.6 Å². The van der Waals surface area contributed by atoms with Crippen LogP contribution in [0.3, 0.4) is 0 Å². The van der Waals surface area contributed by atoms with Gasteiger partial charge in [0.25, 0.3) is 5.89 Å². The largest absolute Gasteiger partial charge is 0.356 e. The fourth-order valence-corrected chi connectivity index (χ4v) is 4.97. The summed E-state index contributed by atoms with van der Waals surface area (Å²) in [6.45, 7) is 6.74. The number of pyridine rings is 1. The maximum atomic E-state index is 15.2. The summed E-state index contributed by atoms with van der Waals surface area (Å²) in [5.41, 5.74) is 3.32. The maximum Gasteiger partial charge on any atom is 0.261 e. The Hall–Kier alpha value is -2.54. The van der Waals surface area contributed by atoms with Crippen LogP contribution in [0.5, 0.6) is 0 Å². The Morgan fingerprint density at radius 3 is 2.50 bits per heavy atom. The molecule has 6 nitrogen and oxygen atoms in total. The Morgan fingerprint density at radius 1 is 1.06 bits per heavy atom. The summed E-state index contributed by atoms with van der Waals surface area (Å²) in [6.07, 6.45) is 7.11. The Labute approximate surface area is 187 Å². The summed E-state index contributed by atoms with van der Waals surface area (Å²) >= 11 is 0. The Balaban J connectivity index is 1.39. The molecule has 2 saturated carbocycles. The zero-order valence-corrected chi connectivity index (χ0v) is 18.8. The number of aromatic nitrogens is 3. The summed E-state index contributed by atoms with van der Waals surface area (Å²) in [6, 6.07) is 4.34. The van der Waals surface area contributed by atoms with Crippen molar-refractivity contribution in [3.05, 3.63) is 34.9 Å². The number of halogens is 1. The molecule has 2 aromatic heterocycles. The predicted molar refractivity (Wildman–Crippen MR) is 122 cm³/mol. The van der Waals surface area contributed by atoms with E-state index in [2.05, 4.69) is 26.4 Å². The molecule has 3 aliphatic rings. The molecule has 1 N–H and O–H groups in total. The van der Waals surface area contributed by atoms with Gasteiger partial charge < -0.3 is 14.7 Å². The summed E-state index contributed by atoms with van der Waals surface area (Å²) in [4.78, 5) is 11.7. The van der Waals surface area contributed by atoms with Gasteiger partial charge in [0.15, 0.2) is 5.82 Å². The van der Waals surface area contributed by atoms with Gasteiger partial charge >= 0.3 is 0 Å². The van der Waals surface area contributed by atoms with Gasteiger partial charge in [-0.25, -0.2) is 9.37 Å². The van der Waals surface area contributed by atoms with E-state index in [-0.39, 0.29) is 5.82 Å². The van der Waals surface area contributed by atoms with Crippen LogP contribution < -0.4 is 10.2 Å². The van der Waals surface area contributed by atoms with Gasteiger partial charge in [-0.15, -0.1) is 0 Å². The van der Waals surface area contributed by atoms with Crippen LogP contribution in [0.1, 0.15) is 61.4 Å². The van der Waals surface area contributed by atoms with Crippen LogP contribution in [-0.2, 0) is 0 Å². The molecule has 0 unspecified atom stereocenters. The third kappa shape index (κ3) is 3.76. The van der Waals surface area contributed by atoms with Gasteiger partial charge in [0.05, 0.1) is 5.56 Å². The van der Waals surface area contributed by atoms with E-state index in [9.17, 15) is 0 Å². The number of anilines is 1. The number of benzene rings is 1. The fourth-order valence-electron chi connectivity index (χ4n) is 4.97. The number of piperidine rings is 1. The van der Waals surface area contributed by atoms with Gasteiger partial charge in [0.1, 0.15) is 17.2 Å². The highest BCUT2D eigenvalue weighted by atomic mass is 19.1. The molecule has 1 aliphatic heterocycles. The fraction of sp³-hybridized carbons (Fsp3) is 0.560. The van der Waals surface area contributed by atoms with Crippen LogP contribution >= 0.6 is 0 Å². The normalized spacial score (nSPS) is 19.8. The molecule has 0 spiro atoms. The van der Waals surface area contributed by atoms with Gasteiger partial charge in [-0.2, -0.15) is 4.98 Å². The molecular weight excluding hydrogens is 405 g/mol. The van der Waals surface area contributed by atoms with E-state index in [0.717, 1.165) is 79.1 Å². The van der Waals surface area contributed by atoms with Gasteiger partial charge in [-0.3, -0.25) is 0 Å².